The second kappa shape index (κ2) is 4.53. The van der Waals surface area contributed by atoms with Crippen LogP contribution in [0.1, 0.15) is 28.6 Å². The number of hydrogen-bond donors (Lipinski definition) is 0. The Morgan fingerprint density at radius 2 is 2.14 bits per heavy atom. The van der Waals surface area contributed by atoms with Gasteiger partial charge in [-0.3, -0.25) is 0 Å². The summed E-state index contributed by atoms with van der Waals surface area (Å²) in [4.78, 5) is 8.39. The Morgan fingerprint density at radius 1 is 1.24 bits per heavy atom. The number of fused-ring (bicyclic) bond motifs is 1. The van der Waals surface area contributed by atoms with E-state index in [0.29, 0.717) is 23.0 Å². The van der Waals surface area contributed by atoms with Gasteiger partial charge in [0.25, 0.3) is 5.89 Å². The SMILES string of the molecule is N#Cc1cc(-c2nc(C3Cc4ccccc43)no2)ccn1. The number of benzene rings is 1. The molecular weight excluding hydrogens is 264 g/mol. The first-order chi connectivity index (χ1) is 10.3. The van der Waals surface area contributed by atoms with Gasteiger partial charge in [-0.15, -0.1) is 0 Å². The number of nitrogens with zero attached hydrogens (tertiary/aromatic N) is 4. The second-order valence-electron chi connectivity index (χ2n) is 4.95. The lowest BCUT2D eigenvalue weighted by Gasteiger charge is -2.27. The first kappa shape index (κ1) is 11.8. The van der Waals surface area contributed by atoms with Crippen molar-refractivity contribution < 1.29 is 4.52 Å². The molecule has 2 aromatic heterocycles. The summed E-state index contributed by atoms with van der Waals surface area (Å²) >= 11 is 0. The third kappa shape index (κ3) is 1.89. The minimum Gasteiger partial charge on any atom is -0.334 e. The van der Waals surface area contributed by atoms with E-state index in [1.165, 1.54) is 11.1 Å². The Balaban J connectivity index is 1.67. The predicted molar refractivity (Wildman–Crippen MR) is 74.2 cm³/mol. The van der Waals surface area contributed by atoms with Crippen molar-refractivity contribution in [3.8, 4) is 17.5 Å². The van der Waals surface area contributed by atoms with Crippen LogP contribution in [0.5, 0.6) is 0 Å². The van der Waals surface area contributed by atoms with E-state index in [-0.39, 0.29) is 5.92 Å². The van der Waals surface area contributed by atoms with Crippen LogP contribution >= 0.6 is 0 Å². The molecule has 0 bridgehead atoms. The van der Waals surface area contributed by atoms with Gasteiger partial charge < -0.3 is 4.52 Å². The fourth-order valence-electron chi connectivity index (χ4n) is 2.61. The van der Waals surface area contributed by atoms with Crippen LogP contribution in [0, 0.1) is 11.3 Å². The highest BCUT2D eigenvalue weighted by molar-refractivity contribution is 5.54. The first-order valence-corrected chi connectivity index (χ1v) is 6.63. The Kier molecular flexibility index (Phi) is 2.54. The van der Waals surface area contributed by atoms with E-state index >= 15 is 0 Å². The summed E-state index contributed by atoms with van der Waals surface area (Å²) < 4.78 is 5.32. The summed E-state index contributed by atoms with van der Waals surface area (Å²) in [5.74, 6) is 1.32. The maximum absolute atomic E-state index is 8.88. The predicted octanol–water partition coefficient (Wildman–Crippen LogP) is 2.69. The minimum absolute atomic E-state index is 0.205. The summed E-state index contributed by atoms with van der Waals surface area (Å²) in [6, 6.07) is 13.7. The molecule has 0 aliphatic heterocycles. The zero-order chi connectivity index (χ0) is 14.2. The van der Waals surface area contributed by atoms with Crippen LogP contribution in [0.2, 0.25) is 0 Å². The smallest absolute Gasteiger partial charge is 0.258 e. The topological polar surface area (TPSA) is 75.6 Å². The Labute approximate surface area is 120 Å². The molecule has 1 atom stereocenters. The van der Waals surface area contributed by atoms with Gasteiger partial charge in [-0.1, -0.05) is 29.4 Å². The van der Waals surface area contributed by atoms with Crippen LogP contribution in [0.4, 0.5) is 0 Å². The summed E-state index contributed by atoms with van der Waals surface area (Å²) in [6.07, 6.45) is 2.51. The zero-order valence-corrected chi connectivity index (χ0v) is 11.0. The molecule has 0 spiro atoms. The lowest BCUT2D eigenvalue weighted by Crippen LogP contribution is -2.19. The summed E-state index contributed by atoms with van der Waals surface area (Å²) in [5, 5.41) is 13.0. The molecule has 5 nitrogen and oxygen atoms in total. The van der Waals surface area contributed by atoms with Gasteiger partial charge in [0.2, 0.25) is 0 Å². The van der Waals surface area contributed by atoms with E-state index < -0.39 is 0 Å². The quantitative estimate of drug-likeness (QED) is 0.718. The van der Waals surface area contributed by atoms with Crippen molar-refractivity contribution in [2.45, 2.75) is 12.3 Å². The van der Waals surface area contributed by atoms with Gasteiger partial charge in [0, 0.05) is 11.8 Å². The van der Waals surface area contributed by atoms with Crippen molar-refractivity contribution in [2.75, 3.05) is 0 Å². The van der Waals surface area contributed by atoms with Crippen LogP contribution < -0.4 is 0 Å². The monoisotopic (exact) mass is 274 g/mol. The molecule has 4 rings (SSSR count). The lowest BCUT2D eigenvalue weighted by atomic mass is 9.77. The van der Waals surface area contributed by atoms with E-state index in [1.54, 1.807) is 18.3 Å². The molecule has 0 saturated carbocycles. The molecule has 1 aromatic carbocycles. The molecule has 5 heteroatoms. The van der Waals surface area contributed by atoms with Crippen LogP contribution in [0.25, 0.3) is 11.5 Å². The lowest BCUT2D eigenvalue weighted by molar-refractivity contribution is 0.416. The van der Waals surface area contributed by atoms with Crippen molar-refractivity contribution in [3.05, 3.63) is 65.2 Å². The van der Waals surface area contributed by atoms with E-state index in [2.05, 4.69) is 27.3 Å². The van der Waals surface area contributed by atoms with Crippen molar-refractivity contribution in [2.24, 2.45) is 0 Å². The van der Waals surface area contributed by atoms with Crippen LogP contribution in [0.15, 0.2) is 47.1 Å². The third-order valence-electron chi connectivity index (χ3n) is 3.73. The number of pyridine rings is 1. The van der Waals surface area contributed by atoms with Crippen molar-refractivity contribution >= 4 is 0 Å². The van der Waals surface area contributed by atoms with Gasteiger partial charge in [-0.25, -0.2) is 4.98 Å². The molecule has 1 unspecified atom stereocenters. The number of aromatic nitrogens is 3. The Bertz CT molecular complexity index is 862. The number of rotatable bonds is 2. The van der Waals surface area contributed by atoms with E-state index in [9.17, 15) is 0 Å². The fourth-order valence-corrected chi connectivity index (χ4v) is 2.61. The highest BCUT2D eigenvalue weighted by Crippen LogP contribution is 2.38. The molecule has 2 heterocycles. The van der Waals surface area contributed by atoms with Gasteiger partial charge in [-0.05, 0) is 29.7 Å². The van der Waals surface area contributed by atoms with E-state index in [0.717, 1.165) is 6.42 Å². The molecule has 3 aromatic rings. The molecular formula is C16H10N4O. The van der Waals surface area contributed by atoms with Crippen molar-refractivity contribution in [1.82, 2.24) is 15.1 Å². The maximum atomic E-state index is 8.88. The Morgan fingerprint density at radius 3 is 3.00 bits per heavy atom. The number of hydrogen-bond acceptors (Lipinski definition) is 5. The van der Waals surface area contributed by atoms with Gasteiger partial charge in [0.15, 0.2) is 5.82 Å². The second-order valence-corrected chi connectivity index (χ2v) is 4.95. The summed E-state index contributed by atoms with van der Waals surface area (Å²) in [5.41, 5.74) is 3.65. The highest BCUT2D eigenvalue weighted by atomic mass is 16.5. The van der Waals surface area contributed by atoms with Gasteiger partial charge in [0.05, 0.1) is 5.92 Å². The third-order valence-corrected chi connectivity index (χ3v) is 3.73. The molecule has 0 N–H and O–H groups in total. The fraction of sp³-hybridized carbons (Fsp3) is 0.125. The average Bonchev–Trinajstić information content (AvgIpc) is 2.98. The summed E-state index contributed by atoms with van der Waals surface area (Å²) in [6.45, 7) is 0. The standard InChI is InChI=1S/C16H10N4O/c17-9-12-7-11(5-6-18-12)16-19-15(20-21-16)14-8-10-3-1-2-4-13(10)14/h1-7,14H,8H2. The Hall–Kier alpha value is -3.00. The van der Waals surface area contributed by atoms with Crippen LogP contribution in [-0.2, 0) is 6.42 Å². The molecule has 1 aliphatic carbocycles. The summed E-state index contributed by atoms with van der Waals surface area (Å²) in [7, 11) is 0. The molecule has 0 fully saturated rings. The van der Waals surface area contributed by atoms with Crippen molar-refractivity contribution in [1.29, 1.82) is 5.26 Å². The zero-order valence-electron chi connectivity index (χ0n) is 11.0. The van der Waals surface area contributed by atoms with Crippen molar-refractivity contribution in [3.63, 3.8) is 0 Å². The largest absolute Gasteiger partial charge is 0.334 e. The number of nitriles is 1. The average molecular weight is 274 g/mol. The van der Waals surface area contributed by atoms with E-state index in [1.807, 2.05) is 18.2 Å². The minimum atomic E-state index is 0.205. The normalized spacial score (nSPS) is 15.9. The molecule has 100 valence electrons. The van der Waals surface area contributed by atoms with E-state index in [4.69, 9.17) is 9.78 Å². The highest BCUT2D eigenvalue weighted by Gasteiger charge is 2.31. The van der Waals surface area contributed by atoms with Gasteiger partial charge >= 0.3 is 0 Å². The van der Waals surface area contributed by atoms with Crippen LogP contribution in [0.3, 0.4) is 0 Å². The molecule has 1 aliphatic rings. The molecule has 0 amide bonds. The van der Waals surface area contributed by atoms with Gasteiger partial charge in [-0.2, -0.15) is 10.2 Å². The maximum Gasteiger partial charge on any atom is 0.258 e. The molecule has 0 saturated heterocycles. The first-order valence-electron chi connectivity index (χ1n) is 6.63. The van der Waals surface area contributed by atoms with Crippen LogP contribution in [-0.4, -0.2) is 15.1 Å². The van der Waals surface area contributed by atoms with Gasteiger partial charge in [0.1, 0.15) is 11.8 Å². The molecule has 21 heavy (non-hydrogen) atoms. The molecule has 0 radical (unpaired) electrons.